The Hall–Kier alpha value is -1.34. The quantitative estimate of drug-likeness (QED) is 0.823. The maximum Gasteiger partial charge on any atom is 0.313 e. The number of hydrogen-bond donors (Lipinski definition) is 1. The lowest BCUT2D eigenvalue weighted by atomic mass is 10.3. The number of hydrogen-bond acceptors (Lipinski definition) is 5. The molecule has 0 bridgehead atoms. The van der Waals surface area contributed by atoms with Crippen molar-refractivity contribution >= 4 is 29.1 Å². The van der Waals surface area contributed by atoms with Gasteiger partial charge in [0.1, 0.15) is 0 Å². The minimum atomic E-state index is -0.828. The predicted molar refractivity (Wildman–Crippen MR) is 71.2 cm³/mol. The van der Waals surface area contributed by atoms with Crippen LogP contribution in [0.3, 0.4) is 0 Å². The highest BCUT2D eigenvalue weighted by molar-refractivity contribution is 7.99. The Morgan fingerprint density at radius 1 is 1.56 bits per heavy atom. The summed E-state index contributed by atoms with van der Waals surface area (Å²) in [5, 5.41) is 9.47. The van der Waals surface area contributed by atoms with Gasteiger partial charge in [-0.3, -0.25) is 9.78 Å². The fraction of sp³-hybridized carbons (Fsp3) is 0.364. The molecule has 0 saturated carbocycles. The molecule has 0 amide bonds. The van der Waals surface area contributed by atoms with Crippen molar-refractivity contribution in [3.8, 4) is 0 Å². The smallest absolute Gasteiger partial charge is 0.313 e. The van der Waals surface area contributed by atoms with Crippen LogP contribution < -0.4 is 0 Å². The molecule has 18 heavy (non-hydrogen) atoms. The minimum absolute atomic E-state index is 0.0306. The van der Waals surface area contributed by atoms with Gasteiger partial charge in [-0.05, 0) is 6.42 Å². The molecule has 96 valence electrons. The number of aliphatic carboxylic acids is 1. The molecule has 0 aliphatic rings. The van der Waals surface area contributed by atoms with Gasteiger partial charge < -0.3 is 9.67 Å². The summed E-state index contributed by atoms with van der Waals surface area (Å²) >= 11 is 2.84. The highest BCUT2D eigenvalue weighted by Gasteiger charge is 2.12. The molecule has 0 unspecified atom stereocenters. The van der Waals surface area contributed by atoms with Gasteiger partial charge in [0.2, 0.25) is 0 Å². The lowest BCUT2D eigenvalue weighted by Gasteiger charge is -2.08. The van der Waals surface area contributed by atoms with Crippen LogP contribution in [-0.4, -0.2) is 31.4 Å². The van der Waals surface area contributed by atoms with Gasteiger partial charge in [0.05, 0.1) is 17.8 Å². The Kier molecular flexibility index (Phi) is 4.38. The molecular weight excluding hydrogens is 270 g/mol. The van der Waals surface area contributed by atoms with E-state index in [9.17, 15) is 4.79 Å². The van der Waals surface area contributed by atoms with Crippen molar-refractivity contribution in [3.05, 3.63) is 28.5 Å². The molecule has 0 saturated heterocycles. The second-order valence-corrected chi connectivity index (χ2v) is 5.54. The number of thioether (sulfide) groups is 1. The van der Waals surface area contributed by atoms with Gasteiger partial charge in [0, 0.05) is 23.0 Å². The van der Waals surface area contributed by atoms with E-state index in [4.69, 9.17) is 5.11 Å². The van der Waals surface area contributed by atoms with Crippen LogP contribution in [0, 0.1) is 0 Å². The average molecular weight is 283 g/mol. The third-order valence-corrected chi connectivity index (χ3v) is 4.13. The number of aryl methyl sites for hydroxylation is 1. The van der Waals surface area contributed by atoms with Crippen molar-refractivity contribution in [2.24, 2.45) is 0 Å². The first-order valence-corrected chi connectivity index (χ1v) is 7.33. The van der Waals surface area contributed by atoms with Crippen LogP contribution in [0.1, 0.15) is 17.5 Å². The maximum atomic E-state index is 10.6. The summed E-state index contributed by atoms with van der Waals surface area (Å²) in [6.07, 6.45) is 4.51. The lowest BCUT2D eigenvalue weighted by Crippen LogP contribution is -2.06. The third kappa shape index (κ3) is 3.11. The zero-order valence-corrected chi connectivity index (χ0v) is 11.5. The van der Waals surface area contributed by atoms with E-state index in [1.165, 1.54) is 11.8 Å². The molecular formula is C11H13N3O2S2. The van der Waals surface area contributed by atoms with E-state index in [-0.39, 0.29) is 5.75 Å². The van der Waals surface area contributed by atoms with Gasteiger partial charge >= 0.3 is 5.97 Å². The number of nitrogens with zero attached hydrogens (tertiary/aromatic N) is 3. The van der Waals surface area contributed by atoms with Crippen LogP contribution in [0.25, 0.3) is 0 Å². The zero-order valence-electron chi connectivity index (χ0n) is 9.87. The molecule has 1 N–H and O–H groups in total. The molecule has 2 aromatic rings. The van der Waals surface area contributed by atoms with Crippen LogP contribution in [-0.2, 0) is 17.8 Å². The first kappa shape index (κ1) is 13.1. The van der Waals surface area contributed by atoms with Gasteiger partial charge in [0.25, 0.3) is 0 Å². The first-order valence-electron chi connectivity index (χ1n) is 5.47. The molecule has 7 heteroatoms. The number of carboxylic acid groups (broad SMARTS) is 1. The van der Waals surface area contributed by atoms with Gasteiger partial charge in [-0.1, -0.05) is 18.7 Å². The van der Waals surface area contributed by atoms with Crippen molar-refractivity contribution in [3.63, 3.8) is 0 Å². The van der Waals surface area contributed by atoms with Crippen molar-refractivity contribution in [2.45, 2.75) is 25.0 Å². The van der Waals surface area contributed by atoms with Crippen LogP contribution in [0.4, 0.5) is 0 Å². The van der Waals surface area contributed by atoms with E-state index in [1.54, 1.807) is 16.8 Å². The zero-order chi connectivity index (χ0) is 13.0. The molecule has 0 fully saturated rings. The van der Waals surface area contributed by atoms with E-state index in [1.807, 2.05) is 12.4 Å². The Morgan fingerprint density at radius 2 is 2.39 bits per heavy atom. The highest BCUT2D eigenvalue weighted by atomic mass is 32.2. The summed E-state index contributed by atoms with van der Waals surface area (Å²) < 4.78 is 2.06. The third-order valence-electron chi connectivity index (χ3n) is 2.39. The predicted octanol–water partition coefficient (Wildman–Crippen LogP) is 2.13. The summed E-state index contributed by atoms with van der Waals surface area (Å²) in [5.74, 6) is -0.798. The molecule has 0 aliphatic heterocycles. The average Bonchev–Trinajstić information content (AvgIpc) is 2.97. The molecule has 0 spiro atoms. The Labute approximate surface area is 113 Å². The van der Waals surface area contributed by atoms with Crippen molar-refractivity contribution in [2.75, 3.05) is 5.75 Å². The number of thiazole rings is 1. The molecule has 0 aliphatic carbocycles. The van der Waals surface area contributed by atoms with E-state index < -0.39 is 5.97 Å². The summed E-state index contributed by atoms with van der Waals surface area (Å²) in [6, 6.07) is 0. The van der Waals surface area contributed by atoms with E-state index in [0.717, 1.165) is 22.1 Å². The summed E-state index contributed by atoms with van der Waals surface area (Å²) in [7, 11) is 0. The first-order chi connectivity index (χ1) is 8.70. The van der Waals surface area contributed by atoms with Crippen molar-refractivity contribution < 1.29 is 9.90 Å². The van der Waals surface area contributed by atoms with Crippen LogP contribution >= 0.6 is 23.1 Å². The molecule has 2 aromatic heterocycles. The molecule has 0 aromatic carbocycles. The van der Waals surface area contributed by atoms with Gasteiger partial charge in [0.15, 0.2) is 5.16 Å². The monoisotopic (exact) mass is 283 g/mol. The number of carboxylic acids is 1. The van der Waals surface area contributed by atoms with E-state index in [0.29, 0.717) is 6.54 Å². The summed E-state index contributed by atoms with van der Waals surface area (Å²) in [4.78, 5) is 20.1. The van der Waals surface area contributed by atoms with Crippen molar-refractivity contribution in [1.29, 1.82) is 0 Å². The summed E-state index contributed by atoms with van der Waals surface area (Å²) in [6.45, 7) is 2.77. The second-order valence-electron chi connectivity index (χ2n) is 3.62. The maximum absolute atomic E-state index is 10.6. The minimum Gasteiger partial charge on any atom is -0.481 e. The Balaban J connectivity index is 2.19. The van der Waals surface area contributed by atoms with E-state index in [2.05, 4.69) is 21.5 Å². The fourth-order valence-corrected chi connectivity index (χ4v) is 2.86. The Morgan fingerprint density at radius 3 is 3.00 bits per heavy atom. The molecule has 5 nitrogen and oxygen atoms in total. The topological polar surface area (TPSA) is 68.0 Å². The van der Waals surface area contributed by atoms with Crippen LogP contribution in [0.15, 0.2) is 23.1 Å². The SMILES string of the molecule is CCc1cnc(SCC(=O)O)n1Cc1cncs1. The molecule has 2 rings (SSSR count). The number of rotatable bonds is 6. The number of aromatic nitrogens is 3. The lowest BCUT2D eigenvalue weighted by molar-refractivity contribution is -0.133. The molecule has 2 heterocycles. The number of carbonyl (C=O) groups is 1. The Bertz CT molecular complexity index is 522. The number of imidazole rings is 1. The second kappa shape index (κ2) is 6.01. The van der Waals surface area contributed by atoms with Gasteiger partial charge in [-0.25, -0.2) is 4.98 Å². The van der Waals surface area contributed by atoms with Crippen LogP contribution in [0.5, 0.6) is 0 Å². The van der Waals surface area contributed by atoms with Gasteiger partial charge in [-0.15, -0.1) is 11.3 Å². The highest BCUT2D eigenvalue weighted by Crippen LogP contribution is 2.21. The largest absolute Gasteiger partial charge is 0.481 e. The van der Waals surface area contributed by atoms with Crippen LogP contribution in [0.2, 0.25) is 0 Å². The normalized spacial score (nSPS) is 10.7. The standard InChI is InChI=1S/C11H13N3O2S2/c1-2-8-3-13-11(17-6-10(15)16)14(8)5-9-4-12-7-18-9/h3-4,7H,2,5-6H2,1H3,(H,15,16). The molecule has 0 atom stereocenters. The van der Waals surface area contributed by atoms with E-state index >= 15 is 0 Å². The van der Waals surface area contributed by atoms with Crippen molar-refractivity contribution in [1.82, 2.24) is 14.5 Å². The fourth-order valence-electron chi connectivity index (χ4n) is 1.56. The van der Waals surface area contributed by atoms with Gasteiger partial charge in [-0.2, -0.15) is 0 Å². The molecule has 0 radical (unpaired) electrons. The summed E-state index contributed by atoms with van der Waals surface area (Å²) in [5.41, 5.74) is 2.90.